The lowest BCUT2D eigenvalue weighted by Crippen LogP contribution is -2.43. The van der Waals surface area contributed by atoms with E-state index in [1.54, 1.807) is 24.3 Å². The number of nitrogens with one attached hydrogen (secondary N) is 3. The quantitative estimate of drug-likeness (QED) is 0.564. The van der Waals surface area contributed by atoms with Crippen LogP contribution >= 0.6 is 0 Å². The van der Waals surface area contributed by atoms with E-state index in [1.165, 1.54) is 6.92 Å². The zero-order chi connectivity index (χ0) is 24.5. The Bertz CT molecular complexity index is 1170. The summed E-state index contributed by atoms with van der Waals surface area (Å²) in [5.74, 6) is -3.60. The summed E-state index contributed by atoms with van der Waals surface area (Å²) in [4.78, 5) is 51.4. The number of amides is 5. The van der Waals surface area contributed by atoms with Gasteiger partial charge in [-0.1, -0.05) is 25.0 Å². The van der Waals surface area contributed by atoms with Crippen LogP contribution in [0, 0.1) is 11.6 Å². The molecule has 2 aromatic carbocycles. The number of halogens is 2. The molecule has 3 N–H and O–H groups in total. The van der Waals surface area contributed by atoms with Crippen molar-refractivity contribution in [2.45, 2.75) is 44.2 Å². The molecule has 10 heteroatoms. The van der Waals surface area contributed by atoms with E-state index in [1.807, 2.05) is 0 Å². The summed E-state index contributed by atoms with van der Waals surface area (Å²) in [5, 5.41) is 7.85. The van der Waals surface area contributed by atoms with Crippen molar-refractivity contribution in [1.82, 2.24) is 15.5 Å². The van der Waals surface area contributed by atoms with Crippen molar-refractivity contribution in [3.8, 4) is 0 Å². The fourth-order valence-corrected chi connectivity index (χ4v) is 4.36. The third-order valence-corrected chi connectivity index (χ3v) is 6.18. The van der Waals surface area contributed by atoms with Gasteiger partial charge in [0.25, 0.3) is 11.8 Å². The summed E-state index contributed by atoms with van der Waals surface area (Å²) in [6, 6.07) is 8.16. The molecule has 2 fully saturated rings. The predicted molar refractivity (Wildman–Crippen MR) is 119 cm³/mol. The highest BCUT2D eigenvalue weighted by molar-refractivity contribution is 6.11. The van der Waals surface area contributed by atoms with Gasteiger partial charge in [0.15, 0.2) is 0 Å². The number of imide groups is 1. The Labute approximate surface area is 194 Å². The Morgan fingerprint density at radius 1 is 1.12 bits per heavy atom. The number of hydrogen-bond donors (Lipinski definition) is 3. The van der Waals surface area contributed by atoms with E-state index in [4.69, 9.17) is 0 Å². The maximum Gasteiger partial charge on any atom is 0.325 e. The topological polar surface area (TPSA) is 108 Å². The first-order valence-corrected chi connectivity index (χ1v) is 11.0. The number of anilines is 1. The van der Waals surface area contributed by atoms with Crippen molar-refractivity contribution in [2.24, 2.45) is 0 Å². The second-order valence-electron chi connectivity index (χ2n) is 8.62. The number of rotatable bonds is 6. The van der Waals surface area contributed by atoms with Crippen molar-refractivity contribution >= 4 is 29.4 Å². The average Bonchev–Trinajstić information content (AvgIpc) is 3.38. The standard InChI is InChI=1S/C24H24F2N4O4/c1-24(17-12-14(25)10-11-18(17)26)22(33)30(23(34)29-24)13-20(31)28-19-9-5-4-8-16(19)21(32)27-15-6-2-3-7-15/h4-5,8-12,15H,2-3,6-7,13H2,1H3,(H,27,32)(H,28,31)(H,29,34). The van der Waals surface area contributed by atoms with Gasteiger partial charge in [-0.15, -0.1) is 0 Å². The second kappa shape index (κ2) is 9.20. The average molecular weight is 470 g/mol. The summed E-state index contributed by atoms with van der Waals surface area (Å²) in [6.45, 7) is 0.571. The molecule has 8 nitrogen and oxygen atoms in total. The molecule has 1 aliphatic heterocycles. The SMILES string of the molecule is CC1(c2cc(F)ccc2F)NC(=O)N(CC(=O)Nc2ccccc2C(=O)NC2CCCC2)C1=O. The molecule has 0 aromatic heterocycles. The number of para-hydroxylation sites is 1. The van der Waals surface area contributed by atoms with Crippen molar-refractivity contribution in [3.63, 3.8) is 0 Å². The summed E-state index contributed by atoms with van der Waals surface area (Å²) in [7, 11) is 0. The molecular weight excluding hydrogens is 446 g/mol. The van der Waals surface area contributed by atoms with Gasteiger partial charge in [0.1, 0.15) is 23.7 Å². The molecule has 34 heavy (non-hydrogen) atoms. The molecule has 0 spiro atoms. The van der Waals surface area contributed by atoms with Gasteiger partial charge in [0, 0.05) is 11.6 Å². The third kappa shape index (κ3) is 4.48. The zero-order valence-corrected chi connectivity index (χ0v) is 18.5. The lowest BCUT2D eigenvalue weighted by molar-refractivity contribution is -0.133. The van der Waals surface area contributed by atoms with Crippen LogP contribution in [0.15, 0.2) is 42.5 Å². The molecule has 1 heterocycles. The van der Waals surface area contributed by atoms with Crippen LogP contribution < -0.4 is 16.0 Å². The van der Waals surface area contributed by atoms with Gasteiger partial charge >= 0.3 is 6.03 Å². The Hall–Kier alpha value is -3.82. The number of carbonyl (C=O) groups excluding carboxylic acids is 4. The van der Waals surface area contributed by atoms with E-state index in [2.05, 4.69) is 16.0 Å². The summed E-state index contributed by atoms with van der Waals surface area (Å²) < 4.78 is 28.0. The maximum absolute atomic E-state index is 14.3. The van der Waals surface area contributed by atoms with Crippen LogP contribution in [0.2, 0.25) is 0 Å². The van der Waals surface area contributed by atoms with Crippen LogP contribution in [-0.4, -0.2) is 41.2 Å². The van der Waals surface area contributed by atoms with Gasteiger partial charge in [-0.2, -0.15) is 0 Å². The normalized spacial score (nSPS) is 20.4. The van der Waals surface area contributed by atoms with Gasteiger partial charge in [0.05, 0.1) is 11.3 Å². The summed E-state index contributed by atoms with van der Waals surface area (Å²) in [5.41, 5.74) is -1.73. The molecule has 2 aromatic rings. The maximum atomic E-state index is 14.3. The van der Waals surface area contributed by atoms with Crippen molar-refractivity contribution in [3.05, 3.63) is 65.2 Å². The van der Waals surface area contributed by atoms with Gasteiger partial charge < -0.3 is 16.0 Å². The largest absolute Gasteiger partial charge is 0.349 e. The van der Waals surface area contributed by atoms with Crippen LogP contribution in [0.5, 0.6) is 0 Å². The van der Waals surface area contributed by atoms with Gasteiger partial charge in [-0.3, -0.25) is 19.3 Å². The van der Waals surface area contributed by atoms with Crippen LogP contribution in [0.25, 0.3) is 0 Å². The molecule has 5 amide bonds. The van der Waals surface area contributed by atoms with E-state index >= 15 is 0 Å². The predicted octanol–water partition coefficient (Wildman–Crippen LogP) is 3.04. The smallest absolute Gasteiger partial charge is 0.325 e. The summed E-state index contributed by atoms with van der Waals surface area (Å²) >= 11 is 0. The molecule has 0 bridgehead atoms. The Morgan fingerprint density at radius 3 is 2.56 bits per heavy atom. The Balaban J connectivity index is 1.47. The van der Waals surface area contributed by atoms with E-state index in [0.29, 0.717) is 4.90 Å². The molecule has 1 atom stereocenters. The molecule has 4 rings (SSSR count). The first-order chi connectivity index (χ1) is 16.2. The molecule has 0 radical (unpaired) electrons. The first kappa shape index (κ1) is 23.3. The van der Waals surface area contributed by atoms with Crippen LogP contribution in [0.4, 0.5) is 19.3 Å². The number of hydrogen-bond acceptors (Lipinski definition) is 4. The number of carbonyl (C=O) groups is 4. The van der Waals surface area contributed by atoms with Crippen molar-refractivity contribution in [1.29, 1.82) is 0 Å². The summed E-state index contributed by atoms with van der Waals surface area (Å²) in [6.07, 6.45) is 3.90. The fourth-order valence-electron chi connectivity index (χ4n) is 4.36. The van der Waals surface area contributed by atoms with Crippen LogP contribution in [-0.2, 0) is 15.1 Å². The van der Waals surface area contributed by atoms with Crippen LogP contribution in [0.3, 0.4) is 0 Å². The number of nitrogens with zero attached hydrogens (tertiary/aromatic N) is 1. The minimum atomic E-state index is -1.87. The van der Waals surface area contributed by atoms with Crippen LogP contribution in [0.1, 0.15) is 48.5 Å². The monoisotopic (exact) mass is 470 g/mol. The van der Waals surface area contributed by atoms with Gasteiger partial charge in [-0.25, -0.2) is 13.6 Å². The van der Waals surface area contributed by atoms with Crippen molar-refractivity contribution < 1.29 is 28.0 Å². The molecule has 2 aliphatic rings. The number of urea groups is 1. The molecule has 1 saturated heterocycles. The van der Waals surface area contributed by atoms with Gasteiger partial charge in [0.2, 0.25) is 5.91 Å². The molecule has 1 unspecified atom stereocenters. The molecular formula is C24H24F2N4O4. The second-order valence-corrected chi connectivity index (χ2v) is 8.62. The fraction of sp³-hybridized carbons (Fsp3) is 0.333. The third-order valence-electron chi connectivity index (χ3n) is 6.18. The van der Waals surface area contributed by atoms with E-state index < -0.39 is 41.6 Å². The van der Waals surface area contributed by atoms with Crippen molar-refractivity contribution in [2.75, 3.05) is 11.9 Å². The molecule has 1 saturated carbocycles. The highest BCUT2D eigenvalue weighted by atomic mass is 19.1. The minimum absolute atomic E-state index is 0.0862. The van der Waals surface area contributed by atoms with Gasteiger partial charge in [-0.05, 0) is 50.1 Å². The van der Waals surface area contributed by atoms with E-state index in [0.717, 1.165) is 43.9 Å². The number of benzene rings is 2. The zero-order valence-electron chi connectivity index (χ0n) is 18.5. The van der Waals surface area contributed by atoms with E-state index in [9.17, 15) is 28.0 Å². The Kier molecular flexibility index (Phi) is 6.32. The lowest BCUT2D eigenvalue weighted by Gasteiger charge is -2.22. The van der Waals surface area contributed by atoms with E-state index in [-0.39, 0.29) is 28.8 Å². The lowest BCUT2D eigenvalue weighted by atomic mass is 9.91. The Morgan fingerprint density at radius 2 is 1.82 bits per heavy atom. The first-order valence-electron chi connectivity index (χ1n) is 11.0. The minimum Gasteiger partial charge on any atom is -0.349 e. The molecule has 1 aliphatic carbocycles. The molecule has 178 valence electrons. The highest BCUT2D eigenvalue weighted by Gasteiger charge is 2.50. The highest BCUT2D eigenvalue weighted by Crippen LogP contribution is 2.31.